The van der Waals surface area contributed by atoms with Crippen LogP contribution in [0, 0.1) is 12.3 Å². The van der Waals surface area contributed by atoms with Crippen molar-refractivity contribution in [1.29, 1.82) is 0 Å². The second-order valence-electron chi connectivity index (χ2n) is 8.88. The number of aryl methyl sites for hydroxylation is 1. The van der Waals surface area contributed by atoms with Crippen LogP contribution < -0.4 is 5.43 Å². The van der Waals surface area contributed by atoms with E-state index in [9.17, 15) is 4.79 Å². The van der Waals surface area contributed by atoms with Gasteiger partial charge in [-0.1, -0.05) is 51.1 Å². The molecule has 0 N–H and O–H groups in total. The molecule has 2 aliphatic rings. The molecule has 2 atom stereocenters. The number of aromatic nitrogens is 1. The average molecular weight is 343 g/mol. The quantitative estimate of drug-likeness (QED) is 0.574. The molecule has 1 saturated carbocycles. The van der Waals surface area contributed by atoms with Gasteiger partial charge in [0.1, 0.15) is 0 Å². The van der Waals surface area contributed by atoms with Gasteiger partial charge in [0.05, 0.1) is 5.52 Å². The number of hydrogen-bond acceptors (Lipinski definition) is 1. The summed E-state index contributed by atoms with van der Waals surface area (Å²) in [6, 6.07) is 16.7. The van der Waals surface area contributed by atoms with E-state index in [-0.39, 0.29) is 16.3 Å². The fourth-order valence-electron chi connectivity index (χ4n) is 5.72. The van der Waals surface area contributed by atoms with Gasteiger partial charge in [-0.25, -0.2) is 0 Å². The van der Waals surface area contributed by atoms with Crippen LogP contribution in [0.2, 0.25) is 0 Å². The van der Waals surface area contributed by atoms with Crippen molar-refractivity contribution in [1.82, 2.24) is 4.57 Å². The van der Waals surface area contributed by atoms with E-state index >= 15 is 0 Å². The van der Waals surface area contributed by atoms with Crippen molar-refractivity contribution in [3.8, 4) is 5.69 Å². The number of benzene rings is 2. The summed E-state index contributed by atoms with van der Waals surface area (Å²) in [6.45, 7) is 9.25. The van der Waals surface area contributed by atoms with Crippen LogP contribution in [0.15, 0.2) is 53.3 Å². The Hall–Kier alpha value is -2.35. The molecule has 0 amide bonds. The van der Waals surface area contributed by atoms with Crippen molar-refractivity contribution in [3.63, 3.8) is 0 Å². The summed E-state index contributed by atoms with van der Waals surface area (Å²) in [5.41, 5.74) is 6.20. The van der Waals surface area contributed by atoms with Crippen LogP contribution in [-0.4, -0.2) is 4.57 Å². The summed E-state index contributed by atoms with van der Waals surface area (Å²) in [7, 11) is 0. The van der Waals surface area contributed by atoms with Gasteiger partial charge in [-0.05, 0) is 54.9 Å². The minimum absolute atomic E-state index is 0.0263. The summed E-state index contributed by atoms with van der Waals surface area (Å²) >= 11 is 0. The van der Waals surface area contributed by atoms with Crippen LogP contribution >= 0.6 is 0 Å². The van der Waals surface area contributed by atoms with E-state index in [0.29, 0.717) is 5.92 Å². The van der Waals surface area contributed by atoms with Gasteiger partial charge < -0.3 is 4.57 Å². The van der Waals surface area contributed by atoms with Crippen LogP contribution in [0.3, 0.4) is 0 Å². The molecule has 2 aliphatic carbocycles. The number of fused-ring (bicyclic) bond motifs is 6. The first-order valence-corrected chi connectivity index (χ1v) is 9.62. The molecule has 3 aromatic rings. The lowest BCUT2D eigenvalue weighted by Crippen LogP contribution is -2.34. The lowest BCUT2D eigenvalue weighted by atomic mass is 9.70. The molecule has 2 bridgehead atoms. The predicted octanol–water partition coefficient (Wildman–Crippen LogP) is 5.47. The van der Waals surface area contributed by atoms with E-state index < -0.39 is 0 Å². The van der Waals surface area contributed by atoms with E-state index in [1.165, 1.54) is 16.9 Å². The minimum Gasteiger partial charge on any atom is -0.312 e. The van der Waals surface area contributed by atoms with Crippen LogP contribution in [0.4, 0.5) is 0 Å². The molecule has 2 nitrogen and oxygen atoms in total. The molecular formula is C24H25NO. The Morgan fingerprint density at radius 2 is 1.69 bits per heavy atom. The lowest BCUT2D eigenvalue weighted by molar-refractivity contribution is 0.225. The molecule has 0 saturated heterocycles. The Labute approximate surface area is 154 Å². The zero-order valence-corrected chi connectivity index (χ0v) is 16.0. The molecule has 0 radical (unpaired) electrons. The number of nitrogens with zero attached hydrogens (tertiary/aromatic N) is 1. The van der Waals surface area contributed by atoms with E-state index in [0.717, 1.165) is 29.3 Å². The van der Waals surface area contributed by atoms with Crippen molar-refractivity contribution in [2.75, 3.05) is 0 Å². The summed E-state index contributed by atoms with van der Waals surface area (Å²) in [4.78, 5) is 13.5. The fourth-order valence-corrected chi connectivity index (χ4v) is 5.72. The van der Waals surface area contributed by atoms with Gasteiger partial charge in [-0.15, -0.1) is 0 Å². The fraction of sp³-hybridized carbons (Fsp3) is 0.375. The third-order valence-corrected chi connectivity index (χ3v) is 7.57. The van der Waals surface area contributed by atoms with Crippen molar-refractivity contribution in [2.24, 2.45) is 5.41 Å². The summed E-state index contributed by atoms with van der Waals surface area (Å²) in [5.74, 6) is 0.356. The topological polar surface area (TPSA) is 22.0 Å². The minimum atomic E-state index is 0.0263. The highest BCUT2D eigenvalue weighted by Crippen LogP contribution is 2.67. The zero-order valence-electron chi connectivity index (χ0n) is 16.0. The van der Waals surface area contributed by atoms with Gasteiger partial charge in [-0.2, -0.15) is 0 Å². The molecule has 1 aromatic heterocycles. The number of pyridine rings is 1. The average Bonchev–Trinajstić information content (AvgIpc) is 2.96. The van der Waals surface area contributed by atoms with E-state index in [2.05, 4.69) is 62.6 Å². The first-order chi connectivity index (χ1) is 12.4. The van der Waals surface area contributed by atoms with Gasteiger partial charge in [0.15, 0.2) is 5.43 Å². The third kappa shape index (κ3) is 1.66. The lowest BCUT2D eigenvalue weighted by Gasteiger charge is -2.37. The monoisotopic (exact) mass is 343 g/mol. The molecule has 5 rings (SSSR count). The molecule has 26 heavy (non-hydrogen) atoms. The van der Waals surface area contributed by atoms with Gasteiger partial charge in [0.2, 0.25) is 0 Å². The second kappa shape index (κ2) is 4.88. The molecule has 0 spiro atoms. The second-order valence-corrected chi connectivity index (χ2v) is 8.88. The van der Waals surface area contributed by atoms with Crippen molar-refractivity contribution < 1.29 is 0 Å². The predicted molar refractivity (Wildman–Crippen MR) is 107 cm³/mol. The van der Waals surface area contributed by atoms with Crippen molar-refractivity contribution in [2.45, 2.75) is 51.9 Å². The van der Waals surface area contributed by atoms with E-state index in [1.54, 1.807) is 0 Å². The Morgan fingerprint density at radius 3 is 2.46 bits per heavy atom. The maximum Gasteiger partial charge on any atom is 0.193 e. The summed E-state index contributed by atoms with van der Waals surface area (Å²) in [6.07, 6.45) is 2.28. The molecule has 1 heterocycles. The maximum atomic E-state index is 13.5. The molecule has 2 unspecified atom stereocenters. The van der Waals surface area contributed by atoms with Gasteiger partial charge in [0, 0.05) is 27.7 Å². The highest BCUT2D eigenvalue weighted by molar-refractivity contribution is 5.83. The summed E-state index contributed by atoms with van der Waals surface area (Å²) in [5, 5.41) is 0.849. The van der Waals surface area contributed by atoms with E-state index in [4.69, 9.17) is 0 Å². The van der Waals surface area contributed by atoms with Crippen LogP contribution in [0.25, 0.3) is 16.6 Å². The van der Waals surface area contributed by atoms with Crippen molar-refractivity contribution in [3.05, 3.63) is 75.6 Å². The number of rotatable bonds is 1. The van der Waals surface area contributed by atoms with Crippen LogP contribution in [0.5, 0.6) is 0 Å². The Balaban J connectivity index is 2.04. The highest BCUT2D eigenvalue weighted by Gasteiger charge is 2.61. The SMILES string of the molecule is Cc1ccccc1-n1c2c(c(=O)c3ccccc31)C1CCC2(C)C1(C)C. The molecular weight excluding hydrogens is 318 g/mol. The largest absolute Gasteiger partial charge is 0.312 e. The Morgan fingerprint density at radius 1 is 1.00 bits per heavy atom. The van der Waals surface area contributed by atoms with Gasteiger partial charge >= 0.3 is 0 Å². The van der Waals surface area contributed by atoms with Crippen LogP contribution in [-0.2, 0) is 5.41 Å². The Kier molecular flexibility index (Phi) is 2.98. The van der Waals surface area contributed by atoms with Crippen LogP contribution in [0.1, 0.15) is 56.4 Å². The molecule has 2 heteroatoms. The first-order valence-electron chi connectivity index (χ1n) is 9.62. The normalized spacial score (nSPS) is 25.6. The van der Waals surface area contributed by atoms with Gasteiger partial charge in [0.25, 0.3) is 0 Å². The number of para-hydroxylation sites is 2. The maximum absolute atomic E-state index is 13.5. The zero-order chi connectivity index (χ0) is 18.3. The molecule has 1 fully saturated rings. The smallest absolute Gasteiger partial charge is 0.193 e. The molecule has 2 aromatic carbocycles. The molecule has 132 valence electrons. The Bertz CT molecular complexity index is 1120. The first kappa shape index (κ1) is 15.9. The standard InChI is InChI=1S/C24H25NO/c1-15-9-5-7-11-18(15)25-19-12-8-6-10-16(19)21(26)20-17-13-14-24(4,22(20)25)23(17,2)3/h5-12,17H,13-14H2,1-4H3. The van der Waals surface area contributed by atoms with Crippen molar-refractivity contribution >= 4 is 10.9 Å². The number of hydrogen-bond donors (Lipinski definition) is 0. The molecule has 0 aliphatic heterocycles. The van der Waals surface area contributed by atoms with Gasteiger partial charge in [-0.3, -0.25) is 4.79 Å². The summed E-state index contributed by atoms with van der Waals surface area (Å²) < 4.78 is 2.41. The van der Waals surface area contributed by atoms with E-state index in [1.807, 2.05) is 18.2 Å². The third-order valence-electron chi connectivity index (χ3n) is 7.57. The highest BCUT2D eigenvalue weighted by atomic mass is 16.1.